The molecule has 0 aliphatic carbocycles. The summed E-state index contributed by atoms with van der Waals surface area (Å²) in [5, 5.41) is 13.1. The molecule has 6 rings (SSSR count). The van der Waals surface area contributed by atoms with Gasteiger partial charge >= 0.3 is 0 Å². The molecule has 0 saturated carbocycles. The summed E-state index contributed by atoms with van der Waals surface area (Å²) in [7, 11) is 3.66. The van der Waals surface area contributed by atoms with Gasteiger partial charge in [-0.25, -0.2) is 13.8 Å². The summed E-state index contributed by atoms with van der Waals surface area (Å²) in [4.78, 5) is 21.8. The maximum absolute atomic E-state index is 16.0. The molecule has 1 aliphatic heterocycles. The maximum atomic E-state index is 16.0. The van der Waals surface area contributed by atoms with Crippen LogP contribution in [0.4, 0.5) is 14.5 Å². The maximum Gasteiger partial charge on any atom is 0.243 e. The molecule has 0 bridgehead atoms. The van der Waals surface area contributed by atoms with Crippen LogP contribution in [0.3, 0.4) is 0 Å². The number of hydrogen-bond acceptors (Lipinski definition) is 8. The van der Waals surface area contributed by atoms with Gasteiger partial charge in [-0.3, -0.25) is 9.89 Å². The normalized spacial score (nSPS) is 14.4. The number of rotatable bonds is 11. The molecule has 1 fully saturated rings. The van der Waals surface area contributed by atoms with Crippen LogP contribution in [0.25, 0.3) is 43.9 Å². The summed E-state index contributed by atoms with van der Waals surface area (Å²) in [5.41, 5.74) is 4.65. The van der Waals surface area contributed by atoms with Gasteiger partial charge in [0.1, 0.15) is 35.4 Å². The van der Waals surface area contributed by atoms with Gasteiger partial charge < -0.3 is 24.6 Å². The van der Waals surface area contributed by atoms with Gasteiger partial charge in [0, 0.05) is 72.3 Å². The highest BCUT2D eigenvalue weighted by Crippen LogP contribution is 2.47. The van der Waals surface area contributed by atoms with E-state index >= 15 is 4.39 Å². The first-order valence-corrected chi connectivity index (χ1v) is 16.2. The zero-order chi connectivity index (χ0) is 33.1. The van der Waals surface area contributed by atoms with Gasteiger partial charge in [0.05, 0.1) is 29.6 Å². The van der Waals surface area contributed by atoms with Gasteiger partial charge in [0.2, 0.25) is 5.91 Å². The first-order chi connectivity index (χ1) is 22.8. The van der Waals surface area contributed by atoms with Crippen LogP contribution in [0.15, 0.2) is 66.6 Å². The summed E-state index contributed by atoms with van der Waals surface area (Å²) in [5.74, 6) is -1.85. The van der Waals surface area contributed by atoms with Crippen molar-refractivity contribution in [3.05, 3.63) is 83.9 Å². The standard InChI is InChI=1S/C35H36F2N6O3S/c1-5-30(44)38-21(2)27-20-28(41-40-27)34-32(31-26(37)18-23(36)19-29(31)46-16-15-45-4)35-25(10-17-47-35)33(39-34)22-6-8-24(9-7-22)43-13-11-42(3)12-14-43/h5-10,17-21H,1,11-16H2,2-4H3,(H,38,44)(H,40,41)/t21-/m1/s1. The number of likely N-dealkylation sites (N-methyl/N-ethyl adjacent to an activating group) is 1. The van der Waals surface area contributed by atoms with Gasteiger partial charge in [-0.1, -0.05) is 18.7 Å². The van der Waals surface area contributed by atoms with Crippen molar-refractivity contribution in [2.24, 2.45) is 0 Å². The predicted molar refractivity (Wildman–Crippen MR) is 182 cm³/mol. The molecule has 47 heavy (non-hydrogen) atoms. The molecular formula is C35H36F2N6O3S. The number of aromatic nitrogens is 3. The Labute approximate surface area is 275 Å². The number of hydrogen-bond donors (Lipinski definition) is 2. The number of piperazine rings is 1. The summed E-state index contributed by atoms with van der Waals surface area (Å²) < 4.78 is 42.3. The zero-order valence-corrected chi connectivity index (χ0v) is 27.3. The van der Waals surface area contributed by atoms with Crippen LogP contribution in [0, 0.1) is 11.6 Å². The number of H-pyrrole nitrogens is 1. The molecular weight excluding hydrogens is 622 g/mol. The third kappa shape index (κ3) is 6.76. The number of methoxy groups -OCH3 is 1. The monoisotopic (exact) mass is 658 g/mol. The van der Waals surface area contributed by atoms with Crippen LogP contribution in [-0.4, -0.2) is 79.5 Å². The number of nitrogens with zero attached hydrogens (tertiary/aromatic N) is 4. The second-order valence-corrected chi connectivity index (χ2v) is 12.3. The third-order valence-corrected chi connectivity index (χ3v) is 9.21. The van der Waals surface area contributed by atoms with Crippen molar-refractivity contribution in [2.45, 2.75) is 13.0 Å². The molecule has 1 atom stereocenters. The Kier molecular flexibility index (Phi) is 9.62. The molecule has 2 aromatic carbocycles. The van der Waals surface area contributed by atoms with E-state index in [1.165, 1.54) is 30.6 Å². The highest BCUT2D eigenvalue weighted by atomic mass is 32.1. The molecule has 3 aromatic heterocycles. The van der Waals surface area contributed by atoms with E-state index in [-0.39, 0.29) is 30.4 Å². The number of carbonyl (C=O) groups excluding carboxylic acids is 1. The Morgan fingerprint density at radius 3 is 2.57 bits per heavy atom. The smallest absolute Gasteiger partial charge is 0.243 e. The molecule has 5 aromatic rings. The van der Waals surface area contributed by atoms with E-state index < -0.39 is 17.7 Å². The number of thiophene rings is 1. The Bertz CT molecular complexity index is 1900. The highest BCUT2D eigenvalue weighted by molar-refractivity contribution is 7.18. The van der Waals surface area contributed by atoms with Crippen molar-refractivity contribution in [3.63, 3.8) is 0 Å². The van der Waals surface area contributed by atoms with Crippen molar-refractivity contribution in [2.75, 3.05) is 58.5 Å². The number of ether oxygens (including phenoxy) is 2. The second-order valence-electron chi connectivity index (χ2n) is 11.4. The van der Waals surface area contributed by atoms with E-state index in [0.717, 1.165) is 53.6 Å². The molecule has 4 heterocycles. The summed E-state index contributed by atoms with van der Waals surface area (Å²) in [6.45, 7) is 9.56. The van der Waals surface area contributed by atoms with Crippen LogP contribution < -0.4 is 15.0 Å². The van der Waals surface area contributed by atoms with Crippen LogP contribution in [0.1, 0.15) is 18.7 Å². The van der Waals surface area contributed by atoms with E-state index in [1.807, 2.05) is 18.4 Å². The lowest BCUT2D eigenvalue weighted by molar-refractivity contribution is -0.117. The van der Waals surface area contributed by atoms with Gasteiger partial charge in [0.25, 0.3) is 0 Å². The van der Waals surface area contributed by atoms with Crippen LogP contribution in [0.2, 0.25) is 0 Å². The molecule has 1 amide bonds. The minimum Gasteiger partial charge on any atom is -0.490 e. The molecule has 12 heteroatoms. The predicted octanol–water partition coefficient (Wildman–Crippen LogP) is 6.44. The number of halogens is 2. The Hall–Kier alpha value is -4.65. The molecule has 0 spiro atoms. The summed E-state index contributed by atoms with van der Waals surface area (Å²) >= 11 is 1.43. The Morgan fingerprint density at radius 2 is 1.85 bits per heavy atom. The number of carbonyl (C=O) groups is 1. The van der Waals surface area contributed by atoms with Crippen LogP contribution in [-0.2, 0) is 9.53 Å². The van der Waals surface area contributed by atoms with Crippen LogP contribution in [0.5, 0.6) is 5.75 Å². The SMILES string of the molecule is C=CC(=O)N[C@H](C)c1cc(-c2nc(-c3ccc(N4CCN(C)CC4)cc3)c3ccsc3c2-c2c(F)cc(F)cc2OCCOC)n[nH]1. The molecule has 0 unspecified atom stereocenters. The molecule has 1 saturated heterocycles. The quantitative estimate of drug-likeness (QED) is 0.125. The van der Waals surface area contributed by atoms with E-state index in [1.54, 1.807) is 6.07 Å². The molecule has 1 aliphatic rings. The molecule has 2 N–H and O–H groups in total. The van der Waals surface area contributed by atoms with Crippen LogP contribution >= 0.6 is 11.3 Å². The number of pyridine rings is 1. The Morgan fingerprint density at radius 1 is 1.09 bits per heavy atom. The molecule has 9 nitrogen and oxygen atoms in total. The average Bonchev–Trinajstić information content (AvgIpc) is 3.76. The fourth-order valence-electron chi connectivity index (χ4n) is 5.73. The number of anilines is 1. The number of fused-ring (bicyclic) bond motifs is 1. The third-order valence-electron chi connectivity index (χ3n) is 8.28. The molecule has 0 radical (unpaired) electrons. The minimum atomic E-state index is -0.790. The second kappa shape index (κ2) is 14.0. The summed E-state index contributed by atoms with van der Waals surface area (Å²) in [6.07, 6.45) is 1.20. The van der Waals surface area contributed by atoms with Gasteiger partial charge in [-0.2, -0.15) is 5.10 Å². The number of aromatic amines is 1. The number of amides is 1. The molecule has 244 valence electrons. The number of nitrogens with one attached hydrogen (secondary N) is 2. The topological polar surface area (TPSA) is 95.6 Å². The van der Waals surface area contributed by atoms with Gasteiger partial charge in [-0.05, 0) is 49.7 Å². The van der Waals surface area contributed by atoms with Gasteiger partial charge in [0.15, 0.2) is 0 Å². The van der Waals surface area contributed by atoms with Crippen molar-refractivity contribution in [1.29, 1.82) is 0 Å². The van der Waals surface area contributed by atoms with Crippen molar-refractivity contribution < 1.29 is 23.0 Å². The fourth-order valence-corrected chi connectivity index (χ4v) is 6.68. The lowest BCUT2D eigenvalue weighted by Gasteiger charge is -2.34. The lowest BCUT2D eigenvalue weighted by Crippen LogP contribution is -2.44. The van der Waals surface area contributed by atoms with Crippen molar-refractivity contribution in [1.82, 2.24) is 25.4 Å². The zero-order valence-electron chi connectivity index (χ0n) is 26.5. The number of benzene rings is 2. The fraction of sp³-hybridized carbons (Fsp3) is 0.286. The van der Waals surface area contributed by atoms with Gasteiger partial charge in [-0.15, -0.1) is 11.3 Å². The van der Waals surface area contributed by atoms with E-state index in [2.05, 4.69) is 63.2 Å². The Balaban J connectivity index is 1.52. The van der Waals surface area contributed by atoms with E-state index in [9.17, 15) is 9.18 Å². The van der Waals surface area contributed by atoms with E-state index in [0.29, 0.717) is 28.3 Å². The van der Waals surface area contributed by atoms with Crippen molar-refractivity contribution >= 4 is 33.0 Å². The highest BCUT2D eigenvalue weighted by Gasteiger charge is 2.27. The first-order valence-electron chi connectivity index (χ1n) is 15.3. The average molecular weight is 659 g/mol. The lowest BCUT2D eigenvalue weighted by atomic mass is 9.96. The summed E-state index contributed by atoms with van der Waals surface area (Å²) in [6, 6.07) is 13.6. The minimum absolute atomic E-state index is 0.0314. The van der Waals surface area contributed by atoms with E-state index in [4.69, 9.17) is 14.5 Å². The van der Waals surface area contributed by atoms with Crippen molar-refractivity contribution in [3.8, 4) is 39.5 Å². The first kappa shape index (κ1) is 32.3. The largest absolute Gasteiger partial charge is 0.490 e.